The minimum absolute atomic E-state index is 0.0667. The van der Waals surface area contributed by atoms with Gasteiger partial charge in [0, 0.05) is 17.8 Å². The molecule has 8 nitrogen and oxygen atoms in total. The fourth-order valence-corrected chi connectivity index (χ4v) is 5.55. The van der Waals surface area contributed by atoms with Crippen molar-refractivity contribution in [3.05, 3.63) is 94.5 Å². The highest BCUT2D eigenvalue weighted by molar-refractivity contribution is 8.01. The fraction of sp³-hybridized carbons (Fsp3) is 0.0385. The summed E-state index contributed by atoms with van der Waals surface area (Å²) in [5, 5.41) is 26.0. The van der Waals surface area contributed by atoms with Gasteiger partial charge in [-0.2, -0.15) is 0 Å². The Kier molecular flexibility index (Phi) is 6.61. The van der Waals surface area contributed by atoms with E-state index in [0.717, 1.165) is 21.0 Å². The van der Waals surface area contributed by atoms with E-state index in [1.807, 2.05) is 48.5 Å². The molecule has 0 unspecified atom stereocenters. The summed E-state index contributed by atoms with van der Waals surface area (Å²) in [5.74, 6) is -0.125. The van der Waals surface area contributed by atoms with Gasteiger partial charge in [-0.25, -0.2) is 4.98 Å². The lowest BCUT2D eigenvalue weighted by molar-refractivity contribution is -0.383. The normalized spacial score (nSPS) is 11.3. The number of nitrogens with zero attached hydrogens (tertiary/aromatic N) is 3. The molecule has 36 heavy (non-hydrogen) atoms. The Hall–Kier alpha value is -4.28. The van der Waals surface area contributed by atoms with Crippen molar-refractivity contribution in [2.45, 2.75) is 4.34 Å². The van der Waals surface area contributed by atoms with Crippen LogP contribution in [0.4, 0.5) is 17.1 Å². The van der Waals surface area contributed by atoms with Crippen LogP contribution in [0.25, 0.3) is 21.0 Å². The third-order valence-corrected chi connectivity index (χ3v) is 7.51. The molecule has 10 heteroatoms. The van der Waals surface area contributed by atoms with E-state index in [-0.39, 0.29) is 28.8 Å². The van der Waals surface area contributed by atoms with Gasteiger partial charge in [-0.15, -0.1) is 11.3 Å². The molecule has 0 saturated heterocycles. The van der Waals surface area contributed by atoms with Crippen LogP contribution in [0.3, 0.4) is 0 Å². The van der Waals surface area contributed by atoms with Crippen molar-refractivity contribution in [3.63, 3.8) is 0 Å². The predicted octanol–water partition coefficient (Wildman–Crippen LogP) is 6.54. The first kappa shape index (κ1) is 23.5. The highest BCUT2D eigenvalue weighted by atomic mass is 32.2. The number of rotatable bonds is 7. The van der Waals surface area contributed by atoms with E-state index in [1.165, 1.54) is 35.2 Å². The van der Waals surface area contributed by atoms with Crippen molar-refractivity contribution < 1.29 is 14.8 Å². The lowest BCUT2D eigenvalue weighted by Crippen LogP contribution is -2.15. The van der Waals surface area contributed by atoms with Crippen molar-refractivity contribution in [2.24, 2.45) is 4.99 Å². The number of para-hydroxylation sites is 2. The topological polar surface area (TPSA) is 118 Å². The SMILES string of the molecule is O=C(CSc1nc2ccc(N=Cc3c(O)ccc4ccccc34)cc2s1)Nc1ccccc1[N+](=O)[O-]. The number of aromatic hydroxyl groups is 1. The number of nitrogens with one attached hydrogen (secondary N) is 1. The van der Waals surface area contributed by atoms with Crippen molar-refractivity contribution >= 4 is 73.3 Å². The van der Waals surface area contributed by atoms with Gasteiger partial charge < -0.3 is 10.4 Å². The summed E-state index contributed by atoms with van der Waals surface area (Å²) >= 11 is 2.70. The van der Waals surface area contributed by atoms with E-state index in [2.05, 4.69) is 15.3 Å². The number of amides is 1. The Morgan fingerprint density at radius 1 is 1.11 bits per heavy atom. The number of aliphatic imine (C=N–C) groups is 1. The minimum Gasteiger partial charge on any atom is -0.507 e. The number of nitro benzene ring substituents is 1. The number of anilines is 1. The molecule has 2 N–H and O–H groups in total. The third-order valence-electron chi connectivity index (χ3n) is 5.34. The van der Waals surface area contributed by atoms with E-state index in [9.17, 15) is 20.0 Å². The molecule has 0 spiro atoms. The first-order valence-corrected chi connectivity index (χ1v) is 12.6. The average molecular weight is 515 g/mol. The molecule has 0 bridgehead atoms. The Morgan fingerprint density at radius 3 is 2.78 bits per heavy atom. The molecule has 0 aliphatic heterocycles. The number of thioether (sulfide) groups is 1. The van der Waals surface area contributed by atoms with Crippen LogP contribution in [-0.2, 0) is 4.79 Å². The molecule has 0 saturated carbocycles. The second kappa shape index (κ2) is 10.1. The maximum Gasteiger partial charge on any atom is 0.292 e. The minimum atomic E-state index is -0.530. The van der Waals surface area contributed by atoms with Gasteiger partial charge in [0.15, 0.2) is 4.34 Å². The number of aromatic nitrogens is 1. The van der Waals surface area contributed by atoms with Crippen molar-refractivity contribution in [3.8, 4) is 5.75 Å². The van der Waals surface area contributed by atoms with Gasteiger partial charge in [0.2, 0.25) is 5.91 Å². The van der Waals surface area contributed by atoms with E-state index in [0.29, 0.717) is 15.6 Å². The standard InChI is InChI=1S/C26H18N4O4S2/c31-23-12-9-16-5-1-2-6-18(16)19(23)14-27-17-10-11-21-24(13-17)36-26(29-21)35-15-25(32)28-20-7-3-4-8-22(20)30(33)34/h1-14,31H,15H2,(H,28,32). The first-order valence-electron chi connectivity index (χ1n) is 10.8. The molecule has 5 aromatic rings. The van der Waals surface area contributed by atoms with Gasteiger partial charge in [-0.3, -0.25) is 19.9 Å². The lowest BCUT2D eigenvalue weighted by Gasteiger charge is -2.04. The Morgan fingerprint density at radius 2 is 1.92 bits per heavy atom. The maximum atomic E-state index is 12.4. The maximum absolute atomic E-state index is 12.4. The smallest absolute Gasteiger partial charge is 0.292 e. The second-order valence-corrected chi connectivity index (χ2v) is 9.97. The Bertz CT molecular complexity index is 1650. The monoisotopic (exact) mass is 514 g/mol. The second-order valence-electron chi connectivity index (χ2n) is 7.72. The summed E-state index contributed by atoms with van der Waals surface area (Å²) in [6.45, 7) is 0. The van der Waals surface area contributed by atoms with Crippen molar-refractivity contribution in [1.82, 2.24) is 4.98 Å². The quantitative estimate of drug-likeness (QED) is 0.110. The molecule has 1 aromatic heterocycles. The van der Waals surface area contributed by atoms with Gasteiger partial charge in [-0.1, -0.05) is 54.2 Å². The summed E-state index contributed by atoms with van der Waals surface area (Å²) in [5.41, 5.74) is 2.16. The Labute approximate surface area is 213 Å². The van der Waals surface area contributed by atoms with Gasteiger partial charge in [0.05, 0.1) is 26.6 Å². The fourth-order valence-electron chi connectivity index (χ4n) is 3.65. The number of carbonyl (C=O) groups is 1. The number of hydrogen-bond donors (Lipinski definition) is 2. The molecule has 0 aliphatic rings. The largest absolute Gasteiger partial charge is 0.507 e. The number of hydrogen-bond acceptors (Lipinski definition) is 8. The first-order chi connectivity index (χ1) is 17.5. The Balaban J connectivity index is 1.29. The number of thiazole rings is 1. The highest BCUT2D eigenvalue weighted by Gasteiger charge is 2.15. The summed E-state index contributed by atoms with van der Waals surface area (Å²) in [6.07, 6.45) is 1.66. The lowest BCUT2D eigenvalue weighted by atomic mass is 10.0. The summed E-state index contributed by atoms with van der Waals surface area (Å²) in [7, 11) is 0. The van der Waals surface area contributed by atoms with Gasteiger partial charge in [-0.05, 0) is 41.1 Å². The van der Waals surface area contributed by atoms with Crippen LogP contribution in [-0.4, -0.2) is 32.9 Å². The van der Waals surface area contributed by atoms with Crippen LogP contribution in [0.1, 0.15) is 5.56 Å². The number of benzene rings is 4. The number of phenols is 1. The van der Waals surface area contributed by atoms with Crippen LogP contribution in [0.15, 0.2) is 88.2 Å². The molecular formula is C26H18N4O4S2. The number of carbonyl (C=O) groups excluding carboxylic acids is 1. The van der Waals surface area contributed by atoms with Crippen LogP contribution in [0.2, 0.25) is 0 Å². The zero-order valence-electron chi connectivity index (χ0n) is 18.6. The summed E-state index contributed by atoms with van der Waals surface area (Å²) in [6, 6.07) is 22.9. The summed E-state index contributed by atoms with van der Waals surface area (Å²) in [4.78, 5) is 32.1. The van der Waals surface area contributed by atoms with E-state index < -0.39 is 4.92 Å². The van der Waals surface area contributed by atoms with Crippen LogP contribution in [0, 0.1) is 10.1 Å². The van der Waals surface area contributed by atoms with Gasteiger partial charge in [0.25, 0.3) is 5.69 Å². The number of fused-ring (bicyclic) bond motifs is 2. The molecule has 0 aliphatic carbocycles. The van der Waals surface area contributed by atoms with Gasteiger partial charge in [0.1, 0.15) is 11.4 Å². The number of nitro groups is 1. The molecule has 4 aromatic carbocycles. The van der Waals surface area contributed by atoms with E-state index in [4.69, 9.17) is 0 Å². The zero-order chi connectivity index (χ0) is 25.1. The highest BCUT2D eigenvalue weighted by Crippen LogP contribution is 2.33. The molecule has 1 amide bonds. The average Bonchev–Trinajstić information content (AvgIpc) is 3.29. The van der Waals surface area contributed by atoms with Gasteiger partial charge >= 0.3 is 0 Å². The molecule has 178 valence electrons. The molecule has 0 fully saturated rings. The van der Waals surface area contributed by atoms with Crippen LogP contribution < -0.4 is 5.32 Å². The molecular weight excluding hydrogens is 496 g/mol. The summed E-state index contributed by atoms with van der Waals surface area (Å²) < 4.78 is 1.61. The third kappa shape index (κ3) is 5.04. The number of phenolic OH excluding ortho intramolecular Hbond substituents is 1. The zero-order valence-corrected chi connectivity index (χ0v) is 20.3. The molecule has 0 radical (unpaired) electrons. The molecule has 5 rings (SSSR count). The van der Waals surface area contributed by atoms with Crippen LogP contribution in [0.5, 0.6) is 5.75 Å². The van der Waals surface area contributed by atoms with Crippen molar-refractivity contribution in [1.29, 1.82) is 0 Å². The molecule has 0 atom stereocenters. The van der Waals surface area contributed by atoms with Crippen molar-refractivity contribution in [2.75, 3.05) is 11.1 Å². The van der Waals surface area contributed by atoms with E-state index in [1.54, 1.807) is 24.4 Å². The van der Waals surface area contributed by atoms with Crippen LogP contribution >= 0.6 is 23.1 Å². The van der Waals surface area contributed by atoms with E-state index >= 15 is 0 Å². The molecule has 1 heterocycles. The predicted molar refractivity (Wildman–Crippen MR) is 145 cm³/mol.